The quantitative estimate of drug-likeness (QED) is 0.810. The van der Waals surface area contributed by atoms with E-state index in [1.807, 2.05) is 0 Å². The largest absolute Gasteiger partial charge is 0.512 e. The van der Waals surface area contributed by atoms with Gasteiger partial charge in [0.2, 0.25) is 5.75 Å². The lowest BCUT2D eigenvalue weighted by atomic mass is 9.74. The van der Waals surface area contributed by atoms with E-state index in [-0.39, 0.29) is 11.5 Å². The summed E-state index contributed by atoms with van der Waals surface area (Å²) in [4.78, 5) is 25.1. The lowest BCUT2D eigenvalue weighted by molar-refractivity contribution is 0.130. The zero-order valence-corrected chi connectivity index (χ0v) is 11.7. The second-order valence-corrected chi connectivity index (χ2v) is 4.70. The fourth-order valence-electron chi connectivity index (χ4n) is 1.68. The molecule has 0 aromatic carbocycles. The van der Waals surface area contributed by atoms with Crippen LogP contribution in [0, 0.1) is 17.2 Å². The van der Waals surface area contributed by atoms with E-state index in [0.29, 0.717) is 0 Å². The van der Waals surface area contributed by atoms with E-state index in [2.05, 4.69) is 20.5 Å². The zero-order valence-electron chi connectivity index (χ0n) is 11.7. The number of carbonyl (C=O) groups is 2. The molecule has 1 rings (SSSR count). The summed E-state index contributed by atoms with van der Waals surface area (Å²) in [6.07, 6.45) is -2.11. The van der Waals surface area contributed by atoms with Gasteiger partial charge < -0.3 is 19.7 Å². The van der Waals surface area contributed by atoms with Crippen molar-refractivity contribution in [3.05, 3.63) is 17.8 Å². The Hall–Kier alpha value is -2.82. The third kappa shape index (κ3) is 3.39. The molecule has 1 unspecified atom stereocenters. The van der Waals surface area contributed by atoms with E-state index >= 15 is 0 Å². The summed E-state index contributed by atoms with van der Waals surface area (Å²) < 4.78 is 9.00. The van der Waals surface area contributed by atoms with Crippen LogP contribution < -0.4 is 9.47 Å². The summed E-state index contributed by atoms with van der Waals surface area (Å²) in [5.41, 5.74) is -0.918. The highest BCUT2D eigenvalue weighted by Crippen LogP contribution is 2.41. The number of hydrogen-bond acceptors (Lipinski definition) is 6. The average Bonchev–Trinajstić information content (AvgIpc) is 2.38. The van der Waals surface area contributed by atoms with Crippen LogP contribution in [-0.2, 0) is 5.41 Å². The van der Waals surface area contributed by atoms with Gasteiger partial charge in [-0.2, -0.15) is 5.26 Å². The highest BCUT2D eigenvalue weighted by Gasteiger charge is 2.36. The van der Waals surface area contributed by atoms with Crippen LogP contribution in [0.1, 0.15) is 26.3 Å². The molecule has 1 aromatic rings. The molecule has 0 amide bonds. The number of rotatable bonds is 4. The van der Waals surface area contributed by atoms with Gasteiger partial charge in [0, 0.05) is 11.8 Å². The van der Waals surface area contributed by atoms with Crippen molar-refractivity contribution in [2.75, 3.05) is 0 Å². The maximum Gasteiger partial charge on any atom is 0.512 e. The van der Waals surface area contributed by atoms with Gasteiger partial charge in [-0.25, -0.2) is 14.6 Å². The van der Waals surface area contributed by atoms with Crippen LogP contribution in [0.25, 0.3) is 0 Å². The minimum atomic E-state index is -1.67. The molecule has 0 radical (unpaired) electrons. The standard InChI is InChI=1S/C13H14N2O6/c1-7(2)13(3,6-14)8-4-5-15-10(21-12(18)19)9(8)20-11(16)17/h4-5,7H,1-3H3,(H,16,17)(H,18,19). The van der Waals surface area contributed by atoms with Crippen molar-refractivity contribution >= 4 is 12.3 Å². The van der Waals surface area contributed by atoms with Crippen LogP contribution in [0.5, 0.6) is 11.6 Å². The van der Waals surface area contributed by atoms with Crippen LogP contribution in [0.15, 0.2) is 12.3 Å². The summed E-state index contributed by atoms with van der Waals surface area (Å²) in [7, 11) is 0. The number of nitriles is 1. The highest BCUT2D eigenvalue weighted by atomic mass is 16.7. The fourth-order valence-corrected chi connectivity index (χ4v) is 1.68. The number of hydrogen-bond donors (Lipinski definition) is 2. The zero-order chi connectivity index (χ0) is 16.2. The molecule has 0 aliphatic heterocycles. The molecule has 0 aliphatic carbocycles. The Bertz CT molecular complexity index is 607. The van der Waals surface area contributed by atoms with Crippen LogP contribution >= 0.6 is 0 Å². The maximum atomic E-state index is 10.8. The highest BCUT2D eigenvalue weighted by molar-refractivity contribution is 5.67. The predicted octanol–water partition coefficient (Wildman–Crippen LogP) is 2.63. The van der Waals surface area contributed by atoms with Crippen LogP contribution in [0.2, 0.25) is 0 Å². The van der Waals surface area contributed by atoms with Crippen LogP contribution in [0.4, 0.5) is 9.59 Å². The lowest BCUT2D eigenvalue weighted by Crippen LogP contribution is -2.28. The third-order valence-electron chi connectivity index (χ3n) is 3.19. The van der Waals surface area contributed by atoms with Gasteiger partial charge in [0.1, 0.15) is 0 Å². The van der Waals surface area contributed by atoms with Gasteiger partial charge in [-0.05, 0) is 18.9 Å². The summed E-state index contributed by atoms with van der Waals surface area (Å²) in [6.45, 7) is 5.13. The molecule has 1 atom stereocenters. The monoisotopic (exact) mass is 294 g/mol. The lowest BCUT2D eigenvalue weighted by Gasteiger charge is -2.28. The number of nitrogens with zero attached hydrogens (tertiary/aromatic N) is 2. The Balaban J connectivity index is 3.54. The molecule has 8 heteroatoms. The van der Waals surface area contributed by atoms with Crippen molar-refractivity contribution < 1.29 is 29.3 Å². The summed E-state index contributed by atoms with van der Waals surface area (Å²) in [5.74, 6) is -1.12. The van der Waals surface area contributed by atoms with E-state index in [9.17, 15) is 14.9 Å². The Labute approximate surface area is 120 Å². The van der Waals surface area contributed by atoms with Crippen LogP contribution in [0.3, 0.4) is 0 Å². The molecular formula is C13H14N2O6. The van der Waals surface area contributed by atoms with E-state index in [0.717, 1.165) is 0 Å². The molecule has 0 bridgehead atoms. The van der Waals surface area contributed by atoms with Gasteiger partial charge >= 0.3 is 12.3 Å². The van der Waals surface area contributed by atoms with Crippen molar-refractivity contribution in [1.82, 2.24) is 4.98 Å². The Morgan fingerprint density at radius 3 is 2.33 bits per heavy atom. The van der Waals surface area contributed by atoms with Crippen molar-refractivity contribution in [3.8, 4) is 17.7 Å². The second kappa shape index (κ2) is 6.09. The van der Waals surface area contributed by atoms with E-state index in [1.165, 1.54) is 12.3 Å². The van der Waals surface area contributed by atoms with E-state index < -0.39 is 29.4 Å². The number of carboxylic acid groups (broad SMARTS) is 2. The first kappa shape index (κ1) is 16.2. The summed E-state index contributed by atoms with van der Waals surface area (Å²) in [6, 6.07) is 3.48. The summed E-state index contributed by atoms with van der Waals surface area (Å²) in [5, 5.41) is 26.9. The molecule has 0 fully saturated rings. The van der Waals surface area contributed by atoms with Gasteiger partial charge in [-0.1, -0.05) is 13.8 Å². The average molecular weight is 294 g/mol. The van der Waals surface area contributed by atoms with E-state index in [4.69, 9.17) is 10.2 Å². The SMILES string of the molecule is CC(C)C(C)(C#N)c1ccnc(OC(=O)O)c1OC(=O)O. The molecule has 8 nitrogen and oxygen atoms in total. The molecule has 21 heavy (non-hydrogen) atoms. The van der Waals surface area contributed by atoms with Crippen molar-refractivity contribution in [2.45, 2.75) is 26.2 Å². The molecule has 0 saturated heterocycles. The molecule has 0 spiro atoms. The predicted molar refractivity (Wildman–Crippen MR) is 69.3 cm³/mol. The normalized spacial score (nSPS) is 13.1. The summed E-state index contributed by atoms with van der Waals surface area (Å²) >= 11 is 0. The Kier molecular flexibility index (Phi) is 4.71. The molecule has 0 aliphatic rings. The van der Waals surface area contributed by atoms with E-state index in [1.54, 1.807) is 20.8 Å². The van der Waals surface area contributed by atoms with Gasteiger partial charge in [0.25, 0.3) is 5.88 Å². The van der Waals surface area contributed by atoms with Crippen LogP contribution in [-0.4, -0.2) is 27.5 Å². The topological polar surface area (TPSA) is 130 Å². The molecule has 112 valence electrons. The Morgan fingerprint density at radius 2 is 1.90 bits per heavy atom. The first-order chi connectivity index (χ1) is 9.72. The Morgan fingerprint density at radius 1 is 1.33 bits per heavy atom. The van der Waals surface area contributed by atoms with Gasteiger partial charge in [-0.3, -0.25) is 0 Å². The van der Waals surface area contributed by atoms with Crippen molar-refractivity contribution in [3.63, 3.8) is 0 Å². The smallest absolute Gasteiger partial charge is 0.449 e. The van der Waals surface area contributed by atoms with Gasteiger partial charge in [0.05, 0.1) is 11.5 Å². The number of ether oxygens (including phenoxy) is 2. The maximum absolute atomic E-state index is 10.8. The molecule has 2 N–H and O–H groups in total. The molecule has 0 saturated carbocycles. The fraction of sp³-hybridized carbons (Fsp3) is 0.385. The first-order valence-corrected chi connectivity index (χ1v) is 5.94. The number of aromatic nitrogens is 1. The van der Waals surface area contributed by atoms with Gasteiger partial charge in [-0.15, -0.1) is 0 Å². The van der Waals surface area contributed by atoms with Crippen molar-refractivity contribution in [2.24, 2.45) is 5.92 Å². The second-order valence-electron chi connectivity index (χ2n) is 4.70. The molecular weight excluding hydrogens is 280 g/mol. The molecule has 1 aromatic heterocycles. The first-order valence-electron chi connectivity index (χ1n) is 5.94. The van der Waals surface area contributed by atoms with Crippen molar-refractivity contribution in [1.29, 1.82) is 5.26 Å². The number of pyridine rings is 1. The minimum Gasteiger partial charge on any atom is -0.449 e. The van der Waals surface area contributed by atoms with Gasteiger partial charge in [0.15, 0.2) is 0 Å². The minimum absolute atomic E-state index is 0.189. The molecule has 1 heterocycles. The third-order valence-corrected chi connectivity index (χ3v) is 3.19.